The SMILES string of the molecule is COc1ccc(C(=O)N2CCOc3ccc(N(C)C)cc3C2)cn1. The molecule has 0 N–H and O–H groups in total. The number of pyridine rings is 1. The Hall–Kier alpha value is -2.76. The van der Waals surface area contributed by atoms with Gasteiger partial charge in [0.25, 0.3) is 5.91 Å². The van der Waals surface area contributed by atoms with Gasteiger partial charge in [-0.1, -0.05) is 0 Å². The Labute approximate surface area is 141 Å². The fourth-order valence-electron chi connectivity index (χ4n) is 2.64. The van der Waals surface area contributed by atoms with E-state index in [1.54, 1.807) is 30.3 Å². The zero-order valence-electron chi connectivity index (χ0n) is 14.2. The molecule has 6 nitrogen and oxygen atoms in total. The normalized spacial score (nSPS) is 13.5. The summed E-state index contributed by atoms with van der Waals surface area (Å²) in [6.07, 6.45) is 1.55. The third-order valence-corrected chi connectivity index (χ3v) is 4.02. The quantitative estimate of drug-likeness (QED) is 0.865. The van der Waals surface area contributed by atoms with Gasteiger partial charge in [-0.2, -0.15) is 0 Å². The minimum absolute atomic E-state index is 0.0585. The Balaban J connectivity index is 1.83. The Morgan fingerprint density at radius 3 is 2.79 bits per heavy atom. The van der Waals surface area contributed by atoms with Crippen LogP contribution in [0.4, 0.5) is 5.69 Å². The zero-order chi connectivity index (χ0) is 17.1. The zero-order valence-corrected chi connectivity index (χ0v) is 14.2. The second kappa shape index (κ2) is 6.78. The Morgan fingerprint density at radius 1 is 1.29 bits per heavy atom. The van der Waals surface area contributed by atoms with Gasteiger partial charge < -0.3 is 19.3 Å². The van der Waals surface area contributed by atoms with E-state index in [9.17, 15) is 4.79 Å². The fourth-order valence-corrected chi connectivity index (χ4v) is 2.64. The van der Waals surface area contributed by atoms with Crippen LogP contribution in [0.5, 0.6) is 11.6 Å². The van der Waals surface area contributed by atoms with Crippen molar-refractivity contribution >= 4 is 11.6 Å². The molecule has 1 aromatic heterocycles. The van der Waals surface area contributed by atoms with Gasteiger partial charge in [0, 0.05) is 44.2 Å². The van der Waals surface area contributed by atoms with Crippen LogP contribution in [-0.2, 0) is 6.54 Å². The van der Waals surface area contributed by atoms with Crippen LogP contribution in [-0.4, -0.2) is 50.1 Å². The van der Waals surface area contributed by atoms with Gasteiger partial charge in [-0.05, 0) is 24.3 Å². The third kappa shape index (κ3) is 3.27. The van der Waals surface area contributed by atoms with Crippen molar-refractivity contribution in [2.75, 3.05) is 39.3 Å². The van der Waals surface area contributed by atoms with Crippen molar-refractivity contribution < 1.29 is 14.3 Å². The molecule has 1 aliphatic heterocycles. The lowest BCUT2D eigenvalue weighted by Crippen LogP contribution is -2.32. The van der Waals surface area contributed by atoms with E-state index in [1.807, 2.05) is 31.1 Å². The molecule has 0 spiro atoms. The summed E-state index contributed by atoms with van der Waals surface area (Å²) in [6, 6.07) is 9.47. The maximum atomic E-state index is 12.8. The molecule has 0 unspecified atom stereocenters. The summed E-state index contributed by atoms with van der Waals surface area (Å²) >= 11 is 0. The van der Waals surface area contributed by atoms with Crippen LogP contribution in [0, 0.1) is 0 Å². The van der Waals surface area contributed by atoms with E-state index in [1.165, 1.54) is 0 Å². The molecular formula is C18H21N3O3. The highest BCUT2D eigenvalue weighted by Crippen LogP contribution is 2.28. The average molecular weight is 327 g/mol. The van der Waals surface area contributed by atoms with Gasteiger partial charge in [0.05, 0.1) is 19.2 Å². The number of nitrogens with zero attached hydrogens (tertiary/aromatic N) is 3. The van der Waals surface area contributed by atoms with E-state index < -0.39 is 0 Å². The van der Waals surface area contributed by atoms with Crippen LogP contribution in [0.15, 0.2) is 36.5 Å². The molecule has 6 heteroatoms. The molecule has 0 aliphatic carbocycles. The van der Waals surface area contributed by atoms with E-state index in [4.69, 9.17) is 9.47 Å². The number of carbonyl (C=O) groups excluding carboxylic acids is 1. The van der Waals surface area contributed by atoms with Gasteiger partial charge in [0.15, 0.2) is 0 Å². The second-order valence-electron chi connectivity index (χ2n) is 5.85. The van der Waals surface area contributed by atoms with Crippen LogP contribution in [0.3, 0.4) is 0 Å². The summed E-state index contributed by atoms with van der Waals surface area (Å²) in [5.74, 6) is 1.27. The van der Waals surface area contributed by atoms with Crippen molar-refractivity contribution in [1.82, 2.24) is 9.88 Å². The number of hydrogen-bond donors (Lipinski definition) is 0. The summed E-state index contributed by atoms with van der Waals surface area (Å²) in [7, 11) is 5.53. The molecule has 1 aromatic carbocycles. The van der Waals surface area contributed by atoms with Crippen LogP contribution in [0.2, 0.25) is 0 Å². The van der Waals surface area contributed by atoms with Crippen molar-refractivity contribution in [1.29, 1.82) is 0 Å². The maximum Gasteiger partial charge on any atom is 0.255 e. The van der Waals surface area contributed by atoms with Crippen LogP contribution < -0.4 is 14.4 Å². The minimum Gasteiger partial charge on any atom is -0.491 e. The highest BCUT2D eigenvalue weighted by atomic mass is 16.5. The number of benzene rings is 1. The molecule has 0 bridgehead atoms. The molecule has 1 amide bonds. The topological polar surface area (TPSA) is 54.9 Å². The fraction of sp³-hybridized carbons (Fsp3) is 0.333. The first-order valence-corrected chi connectivity index (χ1v) is 7.81. The molecule has 24 heavy (non-hydrogen) atoms. The number of hydrogen-bond acceptors (Lipinski definition) is 5. The predicted molar refractivity (Wildman–Crippen MR) is 91.8 cm³/mol. The minimum atomic E-state index is -0.0585. The lowest BCUT2D eigenvalue weighted by atomic mass is 10.1. The Kier molecular flexibility index (Phi) is 4.55. The summed E-state index contributed by atoms with van der Waals surface area (Å²) in [4.78, 5) is 20.7. The second-order valence-corrected chi connectivity index (χ2v) is 5.85. The summed E-state index contributed by atoms with van der Waals surface area (Å²) < 4.78 is 10.8. The largest absolute Gasteiger partial charge is 0.491 e. The molecule has 1 aliphatic rings. The average Bonchev–Trinajstić information content (AvgIpc) is 2.82. The predicted octanol–water partition coefficient (Wildman–Crippen LogP) is 2.19. The maximum absolute atomic E-state index is 12.8. The van der Waals surface area contributed by atoms with E-state index >= 15 is 0 Å². The van der Waals surface area contributed by atoms with E-state index in [0.29, 0.717) is 31.1 Å². The van der Waals surface area contributed by atoms with Crippen molar-refractivity contribution in [3.05, 3.63) is 47.7 Å². The van der Waals surface area contributed by atoms with E-state index in [2.05, 4.69) is 11.1 Å². The number of rotatable bonds is 3. The standard InChI is InChI=1S/C18H21N3O3/c1-20(2)15-5-6-16-14(10-15)12-21(8-9-24-16)18(22)13-4-7-17(23-3)19-11-13/h4-7,10-11H,8-9,12H2,1-3H3. The van der Waals surface area contributed by atoms with E-state index in [0.717, 1.165) is 17.0 Å². The number of carbonyl (C=O) groups is 1. The number of amides is 1. The van der Waals surface area contributed by atoms with Gasteiger partial charge in [0.1, 0.15) is 12.4 Å². The lowest BCUT2D eigenvalue weighted by Gasteiger charge is -2.20. The van der Waals surface area contributed by atoms with Crippen LogP contribution in [0.1, 0.15) is 15.9 Å². The lowest BCUT2D eigenvalue weighted by molar-refractivity contribution is 0.0732. The Morgan fingerprint density at radius 2 is 2.12 bits per heavy atom. The van der Waals surface area contributed by atoms with Crippen molar-refractivity contribution in [2.24, 2.45) is 0 Å². The molecule has 0 saturated carbocycles. The number of anilines is 1. The van der Waals surface area contributed by atoms with Gasteiger partial charge >= 0.3 is 0 Å². The van der Waals surface area contributed by atoms with Gasteiger partial charge in [0.2, 0.25) is 5.88 Å². The summed E-state index contributed by atoms with van der Waals surface area (Å²) in [5.41, 5.74) is 2.63. The number of ether oxygens (including phenoxy) is 2. The van der Waals surface area contributed by atoms with E-state index in [-0.39, 0.29) is 5.91 Å². The molecule has 2 aromatic rings. The summed E-state index contributed by atoms with van der Waals surface area (Å²) in [5, 5.41) is 0. The highest BCUT2D eigenvalue weighted by molar-refractivity contribution is 5.94. The molecule has 0 saturated heterocycles. The van der Waals surface area contributed by atoms with Gasteiger partial charge in [-0.15, -0.1) is 0 Å². The first-order valence-electron chi connectivity index (χ1n) is 7.81. The smallest absolute Gasteiger partial charge is 0.255 e. The first-order chi connectivity index (χ1) is 11.6. The molecule has 3 rings (SSSR count). The molecular weight excluding hydrogens is 306 g/mol. The van der Waals surface area contributed by atoms with Crippen LogP contribution in [0.25, 0.3) is 0 Å². The molecule has 0 fully saturated rings. The molecule has 0 atom stereocenters. The number of aromatic nitrogens is 1. The van der Waals surface area contributed by atoms with Crippen molar-refractivity contribution in [3.8, 4) is 11.6 Å². The third-order valence-electron chi connectivity index (χ3n) is 4.02. The van der Waals surface area contributed by atoms with Gasteiger partial charge in [-0.3, -0.25) is 4.79 Å². The number of methoxy groups -OCH3 is 1. The molecule has 126 valence electrons. The van der Waals surface area contributed by atoms with Crippen LogP contribution >= 0.6 is 0 Å². The highest BCUT2D eigenvalue weighted by Gasteiger charge is 2.21. The Bertz CT molecular complexity index is 729. The number of fused-ring (bicyclic) bond motifs is 1. The first kappa shape index (κ1) is 16.1. The monoisotopic (exact) mass is 327 g/mol. The van der Waals surface area contributed by atoms with Crippen molar-refractivity contribution in [2.45, 2.75) is 6.54 Å². The van der Waals surface area contributed by atoms with Crippen molar-refractivity contribution in [3.63, 3.8) is 0 Å². The van der Waals surface area contributed by atoms with Gasteiger partial charge in [-0.25, -0.2) is 4.98 Å². The molecule has 0 radical (unpaired) electrons. The summed E-state index contributed by atoms with van der Waals surface area (Å²) in [6.45, 7) is 1.53. The molecule has 2 heterocycles.